The minimum Gasteiger partial charge on any atom is -0.426 e. The maximum absolute atomic E-state index is 12.5. The van der Waals surface area contributed by atoms with Gasteiger partial charge in [-0.3, -0.25) is 9.59 Å². The molecule has 0 unspecified atom stereocenters. The molecule has 0 aromatic heterocycles. The van der Waals surface area contributed by atoms with E-state index in [1.54, 1.807) is 17.0 Å². The zero-order chi connectivity index (χ0) is 18.1. The first-order valence-corrected chi connectivity index (χ1v) is 8.59. The van der Waals surface area contributed by atoms with Gasteiger partial charge < -0.3 is 9.64 Å². The van der Waals surface area contributed by atoms with E-state index < -0.39 is 5.92 Å². The van der Waals surface area contributed by atoms with E-state index in [9.17, 15) is 9.59 Å². The standard InChI is InChI=1S/C20H20ClNO3/c1-12-5-4-6-18(14(12)3)25-20(24)15-9-19(23)22(11-15)16-8-7-13(2)17(21)10-16/h4-8,10,15H,9,11H2,1-3H3/t15-/m0/s1. The van der Waals surface area contributed by atoms with Gasteiger partial charge in [0.05, 0.1) is 5.92 Å². The lowest BCUT2D eigenvalue weighted by atomic mass is 10.1. The van der Waals surface area contributed by atoms with E-state index in [4.69, 9.17) is 16.3 Å². The fraction of sp³-hybridized carbons (Fsp3) is 0.300. The number of esters is 1. The number of anilines is 1. The van der Waals surface area contributed by atoms with E-state index in [1.807, 2.05) is 45.0 Å². The first-order chi connectivity index (χ1) is 11.9. The Hall–Kier alpha value is -2.33. The smallest absolute Gasteiger partial charge is 0.316 e. The molecule has 130 valence electrons. The highest BCUT2D eigenvalue weighted by atomic mass is 35.5. The third kappa shape index (κ3) is 3.54. The van der Waals surface area contributed by atoms with Gasteiger partial charge in [-0.05, 0) is 55.7 Å². The molecule has 0 saturated carbocycles. The second-order valence-electron chi connectivity index (χ2n) is 6.46. The second-order valence-corrected chi connectivity index (χ2v) is 6.87. The van der Waals surface area contributed by atoms with Gasteiger partial charge in [0.25, 0.3) is 0 Å². The number of benzene rings is 2. The van der Waals surface area contributed by atoms with Crippen LogP contribution in [0.25, 0.3) is 0 Å². The molecule has 1 aliphatic rings. The van der Waals surface area contributed by atoms with Crippen molar-refractivity contribution in [2.24, 2.45) is 5.92 Å². The number of aryl methyl sites for hydroxylation is 2. The average Bonchev–Trinajstić information content (AvgIpc) is 2.96. The number of hydrogen-bond acceptors (Lipinski definition) is 3. The van der Waals surface area contributed by atoms with Crippen LogP contribution in [-0.2, 0) is 9.59 Å². The van der Waals surface area contributed by atoms with Gasteiger partial charge >= 0.3 is 5.97 Å². The molecule has 25 heavy (non-hydrogen) atoms. The van der Waals surface area contributed by atoms with Crippen molar-refractivity contribution in [3.63, 3.8) is 0 Å². The number of carbonyl (C=O) groups is 2. The largest absolute Gasteiger partial charge is 0.426 e. The van der Waals surface area contributed by atoms with E-state index in [-0.39, 0.29) is 18.3 Å². The Bertz CT molecular complexity index is 847. The Kier molecular flexibility index (Phi) is 4.82. The molecule has 1 atom stereocenters. The summed E-state index contributed by atoms with van der Waals surface area (Å²) in [6.45, 7) is 6.09. The molecule has 0 spiro atoms. The monoisotopic (exact) mass is 357 g/mol. The van der Waals surface area contributed by atoms with E-state index in [0.717, 1.165) is 16.7 Å². The third-order valence-corrected chi connectivity index (χ3v) is 5.10. The SMILES string of the molecule is Cc1ccc(N2C[C@@H](C(=O)Oc3cccc(C)c3C)CC2=O)cc1Cl. The van der Waals surface area contributed by atoms with Crippen LogP contribution < -0.4 is 9.64 Å². The van der Waals surface area contributed by atoms with Gasteiger partial charge in [0, 0.05) is 23.7 Å². The van der Waals surface area contributed by atoms with Crippen LogP contribution in [0.3, 0.4) is 0 Å². The number of rotatable bonds is 3. The van der Waals surface area contributed by atoms with E-state index in [2.05, 4.69) is 0 Å². The number of nitrogens with zero attached hydrogens (tertiary/aromatic N) is 1. The van der Waals surface area contributed by atoms with Crippen molar-refractivity contribution >= 4 is 29.2 Å². The zero-order valence-electron chi connectivity index (χ0n) is 14.5. The Labute approximate surface area is 152 Å². The van der Waals surface area contributed by atoms with E-state index >= 15 is 0 Å². The second kappa shape index (κ2) is 6.89. The summed E-state index contributed by atoms with van der Waals surface area (Å²) in [4.78, 5) is 26.4. The molecule has 2 aromatic carbocycles. The highest BCUT2D eigenvalue weighted by Gasteiger charge is 2.36. The minimum absolute atomic E-state index is 0.0946. The Morgan fingerprint density at radius 3 is 2.64 bits per heavy atom. The van der Waals surface area contributed by atoms with Crippen molar-refractivity contribution < 1.29 is 14.3 Å². The minimum atomic E-state index is -0.479. The first kappa shape index (κ1) is 17.5. The summed E-state index contributed by atoms with van der Waals surface area (Å²) in [6.07, 6.45) is 0.148. The molecule has 1 amide bonds. The van der Waals surface area contributed by atoms with Crippen molar-refractivity contribution in [3.05, 3.63) is 58.1 Å². The lowest BCUT2D eigenvalue weighted by Crippen LogP contribution is -2.27. The Balaban J connectivity index is 1.74. The highest BCUT2D eigenvalue weighted by Crippen LogP contribution is 2.30. The van der Waals surface area contributed by atoms with Gasteiger partial charge in [0.2, 0.25) is 5.91 Å². The maximum atomic E-state index is 12.5. The summed E-state index contributed by atoms with van der Waals surface area (Å²) in [7, 11) is 0. The summed E-state index contributed by atoms with van der Waals surface area (Å²) in [5, 5.41) is 0.603. The summed E-state index contributed by atoms with van der Waals surface area (Å²) in [6, 6.07) is 11.1. The lowest BCUT2D eigenvalue weighted by molar-refractivity contribution is -0.139. The summed E-state index contributed by atoms with van der Waals surface area (Å²) < 4.78 is 5.54. The summed E-state index contributed by atoms with van der Waals surface area (Å²) in [5.41, 5.74) is 3.65. The average molecular weight is 358 g/mol. The van der Waals surface area contributed by atoms with Crippen molar-refractivity contribution in [1.82, 2.24) is 0 Å². The number of halogens is 1. The lowest BCUT2D eigenvalue weighted by Gasteiger charge is -2.17. The number of carbonyl (C=O) groups excluding carboxylic acids is 2. The van der Waals surface area contributed by atoms with E-state index in [1.165, 1.54) is 0 Å². The fourth-order valence-corrected chi connectivity index (χ4v) is 3.07. The molecule has 4 nitrogen and oxygen atoms in total. The maximum Gasteiger partial charge on any atom is 0.316 e. The van der Waals surface area contributed by atoms with Crippen LogP contribution >= 0.6 is 11.6 Å². The Morgan fingerprint density at radius 1 is 1.16 bits per heavy atom. The molecule has 1 aliphatic heterocycles. The van der Waals surface area contributed by atoms with Crippen LogP contribution in [0.1, 0.15) is 23.1 Å². The van der Waals surface area contributed by atoms with Crippen LogP contribution in [0.4, 0.5) is 5.69 Å². The first-order valence-electron chi connectivity index (χ1n) is 8.21. The fourth-order valence-electron chi connectivity index (χ4n) is 2.89. The van der Waals surface area contributed by atoms with Gasteiger partial charge in [-0.1, -0.05) is 29.8 Å². The molecule has 3 rings (SSSR count). The van der Waals surface area contributed by atoms with Crippen LogP contribution in [0.15, 0.2) is 36.4 Å². The molecule has 0 N–H and O–H groups in total. The summed E-state index contributed by atoms with van der Waals surface area (Å²) >= 11 is 6.15. The molecule has 1 fully saturated rings. The van der Waals surface area contributed by atoms with Gasteiger partial charge in [-0.25, -0.2) is 0 Å². The quantitative estimate of drug-likeness (QED) is 0.610. The highest BCUT2D eigenvalue weighted by molar-refractivity contribution is 6.31. The molecule has 2 aromatic rings. The van der Waals surface area contributed by atoms with Crippen molar-refractivity contribution in [2.75, 3.05) is 11.4 Å². The Morgan fingerprint density at radius 2 is 1.92 bits per heavy atom. The number of ether oxygens (including phenoxy) is 1. The molecule has 0 radical (unpaired) electrons. The zero-order valence-corrected chi connectivity index (χ0v) is 15.3. The molecule has 5 heteroatoms. The van der Waals surface area contributed by atoms with Crippen LogP contribution in [0.2, 0.25) is 5.02 Å². The number of amides is 1. The van der Waals surface area contributed by atoms with Gasteiger partial charge in [-0.2, -0.15) is 0 Å². The predicted molar refractivity (Wildman–Crippen MR) is 98.2 cm³/mol. The molecular weight excluding hydrogens is 338 g/mol. The van der Waals surface area contributed by atoms with Crippen LogP contribution in [-0.4, -0.2) is 18.4 Å². The molecule has 1 heterocycles. The van der Waals surface area contributed by atoms with Crippen LogP contribution in [0.5, 0.6) is 5.75 Å². The van der Waals surface area contributed by atoms with Crippen molar-refractivity contribution in [3.8, 4) is 5.75 Å². The number of hydrogen-bond donors (Lipinski definition) is 0. The van der Waals surface area contributed by atoms with Crippen molar-refractivity contribution in [1.29, 1.82) is 0 Å². The molecule has 0 aliphatic carbocycles. The third-order valence-electron chi connectivity index (χ3n) is 4.69. The van der Waals surface area contributed by atoms with Crippen LogP contribution in [0, 0.1) is 26.7 Å². The topological polar surface area (TPSA) is 46.6 Å². The van der Waals surface area contributed by atoms with Gasteiger partial charge in [0.1, 0.15) is 5.75 Å². The normalized spacial score (nSPS) is 17.0. The van der Waals surface area contributed by atoms with Crippen molar-refractivity contribution in [2.45, 2.75) is 27.2 Å². The molecule has 1 saturated heterocycles. The summed E-state index contributed by atoms with van der Waals surface area (Å²) in [5.74, 6) is -0.396. The van der Waals surface area contributed by atoms with Gasteiger partial charge in [-0.15, -0.1) is 0 Å². The van der Waals surface area contributed by atoms with E-state index in [0.29, 0.717) is 23.0 Å². The molecule has 0 bridgehead atoms. The molecular formula is C20H20ClNO3. The predicted octanol–water partition coefficient (Wildman–Crippen LogP) is 4.22. The van der Waals surface area contributed by atoms with Gasteiger partial charge in [0.15, 0.2) is 0 Å².